The van der Waals surface area contributed by atoms with Crippen molar-refractivity contribution in [3.05, 3.63) is 57.3 Å². The highest BCUT2D eigenvalue weighted by atomic mass is 32.1. The van der Waals surface area contributed by atoms with Crippen molar-refractivity contribution in [3.63, 3.8) is 0 Å². The highest BCUT2D eigenvalue weighted by molar-refractivity contribution is 7.14. The lowest BCUT2D eigenvalue weighted by atomic mass is 10.2. The monoisotopic (exact) mass is 277 g/mol. The highest BCUT2D eigenvalue weighted by Crippen LogP contribution is 2.21. The van der Waals surface area contributed by atoms with Crippen molar-refractivity contribution >= 4 is 17.3 Å². The van der Waals surface area contributed by atoms with Gasteiger partial charge in [0.05, 0.1) is 6.61 Å². The smallest absolute Gasteiger partial charge is 0.345 e. The van der Waals surface area contributed by atoms with Crippen molar-refractivity contribution in [1.29, 1.82) is 0 Å². The van der Waals surface area contributed by atoms with E-state index in [0.29, 0.717) is 18.0 Å². The molecule has 0 radical (unpaired) electrons. The third kappa shape index (κ3) is 3.89. The molecule has 0 unspecified atom stereocenters. The maximum Gasteiger partial charge on any atom is 0.345 e. The maximum absolute atomic E-state index is 10.8. The van der Waals surface area contributed by atoms with Crippen molar-refractivity contribution in [2.75, 3.05) is 0 Å². The quantitative estimate of drug-likeness (QED) is 0.629. The topological polar surface area (TPSA) is 58.6 Å². The van der Waals surface area contributed by atoms with Gasteiger partial charge in [-0.2, -0.15) is 5.48 Å². The Morgan fingerprint density at radius 1 is 1.37 bits per heavy atom. The van der Waals surface area contributed by atoms with E-state index in [1.807, 2.05) is 37.3 Å². The van der Waals surface area contributed by atoms with E-state index in [4.69, 9.17) is 9.94 Å². The minimum Gasteiger partial charge on any atom is -0.477 e. The first-order valence-electron chi connectivity index (χ1n) is 5.88. The van der Waals surface area contributed by atoms with Crippen LogP contribution in [0.3, 0.4) is 0 Å². The molecule has 0 spiro atoms. The third-order valence-corrected chi connectivity index (χ3v) is 3.76. The molecule has 0 aliphatic heterocycles. The molecule has 1 heterocycles. The Bertz CT molecular complexity index is 551. The summed E-state index contributed by atoms with van der Waals surface area (Å²) in [4.78, 5) is 17.5. The number of rotatable bonds is 6. The average molecular weight is 277 g/mol. The number of carboxylic acids is 1. The van der Waals surface area contributed by atoms with Crippen LogP contribution in [0, 0.1) is 6.92 Å². The fourth-order valence-electron chi connectivity index (χ4n) is 1.64. The van der Waals surface area contributed by atoms with Crippen molar-refractivity contribution in [2.45, 2.75) is 20.1 Å². The zero-order chi connectivity index (χ0) is 13.7. The molecule has 100 valence electrons. The van der Waals surface area contributed by atoms with Gasteiger partial charge in [0.25, 0.3) is 0 Å². The third-order valence-electron chi connectivity index (χ3n) is 2.68. The number of hydrogen-bond acceptors (Lipinski definition) is 4. The van der Waals surface area contributed by atoms with E-state index in [1.54, 1.807) is 6.07 Å². The number of aromatic carboxylic acids is 1. The summed E-state index contributed by atoms with van der Waals surface area (Å²) >= 11 is 1.28. The molecule has 0 fully saturated rings. The standard InChI is InChI=1S/C14H15NO3S/c1-10-12(7-13(19-10)14(16)17)8-15-18-9-11-5-3-2-4-6-11/h2-7,15H,8-9H2,1H3,(H,16,17). The van der Waals surface area contributed by atoms with Crippen LogP contribution >= 0.6 is 11.3 Å². The number of benzene rings is 1. The SMILES string of the molecule is Cc1sc(C(=O)O)cc1CNOCc1ccccc1. The fraction of sp³-hybridized carbons (Fsp3) is 0.214. The maximum atomic E-state index is 10.8. The highest BCUT2D eigenvalue weighted by Gasteiger charge is 2.10. The zero-order valence-corrected chi connectivity index (χ0v) is 11.4. The first-order valence-corrected chi connectivity index (χ1v) is 6.69. The molecular formula is C14H15NO3S. The van der Waals surface area contributed by atoms with E-state index < -0.39 is 5.97 Å². The van der Waals surface area contributed by atoms with Crippen LogP contribution in [0.15, 0.2) is 36.4 Å². The van der Waals surface area contributed by atoms with Crippen LogP contribution in [0.4, 0.5) is 0 Å². The van der Waals surface area contributed by atoms with Gasteiger partial charge in [0.15, 0.2) is 0 Å². The summed E-state index contributed by atoms with van der Waals surface area (Å²) in [6.45, 7) is 2.89. The molecule has 1 aromatic heterocycles. The first-order chi connectivity index (χ1) is 9.16. The predicted molar refractivity (Wildman–Crippen MR) is 74.1 cm³/mol. The van der Waals surface area contributed by atoms with E-state index in [9.17, 15) is 4.79 Å². The van der Waals surface area contributed by atoms with Crippen LogP contribution in [0.2, 0.25) is 0 Å². The summed E-state index contributed by atoms with van der Waals surface area (Å²) in [5, 5.41) is 8.90. The minimum atomic E-state index is -0.885. The van der Waals surface area contributed by atoms with Gasteiger partial charge in [0.1, 0.15) is 4.88 Å². The largest absolute Gasteiger partial charge is 0.477 e. The summed E-state index contributed by atoms with van der Waals surface area (Å²) in [6.07, 6.45) is 0. The van der Waals surface area contributed by atoms with Gasteiger partial charge in [-0.25, -0.2) is 4.79 Å². The van der Waals surface area contributed by atoms with Crippen molar-refractivity contribution in [2.24, 2.45) is 0 Å². The van der Waals surface area contributed by atoms with E-state index >= 15 is 0 Å². The number of nitrogens with one attached hydrogen (secondary N) is 1. The number of thiophene rings is 1. The first kappa shape index (κ1) is 13.7. The summed E-state index contributed by atoms with van der Waals surface area (Å²) in [5.41, 5.74) is 4.90. The Morgan fingerprint density at radius 3 is 2.74 bits per heavy atom. The number of hydrogen-bond donors (Lipinski definition) is 2. The van der Waals surface area contributed by atoms with E-state index in [0.717, 1.165) is 16.0 Å². The molecule has 4 nitrogen and oxygen atoms in total. The molecule has 0 amide bonds. The summed E-state index contributed by atoms with van der Waals surface area (Å²) in [7, 11) is 0. The van der Waals surface area contributed by atoms with Crippen LogP contribution in [0.1, 0.15) is 25.7 Å². The molecule has 2 N–H and O–H groups in total. The van der Waals surface area contributed by atoms with Gasteiger partial charge in [-0.3, -0.25) is 4.84 Å². The second-order valence-electron chi connectivity index (χ2n) is 4.09. The fourth-order valence-corrected chi connectivity index (χ4v) is 2.52. The van der Waals surface area contributed by atoms with E-state index in [1.165, 1.54) is 11.3 Å². The lowest BCUT2D eigenvalue weighted by Gasteiger charge is -2.05. The molecular weight excluding hydrogens is 262 g/mol. The average Bonchev–Trinajstić information content (AvgIpc) is 2.78. The minimum absolute atomic E-state index is 0.359. The van der Waals surface area contributed by atoms with Gasteiger partial charge >= 0.3 is 5.97 Å². The van der Waals surface area contributed by atoms with Crippen molar-refractivity contribution < 1.29 is 14.7 Å². The van der Waals surface area contributed by atoms with Crippen molar-refractivity contribution in [1.82, 2.24) is 5.48 Å². The summed E-state index contributed by atoms with van der Waals surface area (Å²) < 4.78 is 0. The van der Waals surface area contributed by atoms with Crippen molar-refractivity contribution in [3.8, 4) is 0 Å². The number of hydroxylamine groups is 1. The number of carboxylic acid groups (broad SMARTS) is 1. The Labute approximate surface area is 115 Å². The normalized spacial score (nSPS) is 10.6. The Kier molecular flexibility index (Phi) is 4.68. The van der Waals surface area contributed by atoms with Crippen LogP contribution < -0.4 is 5.48 Å². The van der Waals surface area contributed by atoms with E-state index in [2.05, 4.69) is 5.48 Å². The van der Waals surface area contributed by atoms with Gasteiger partial charge in [-0.15, -0.1) is 11.3 Å². The second-order valence-corrected chi connectivity index (χ2v) is 5.35. The lowest BCUT2D eigenvalue weighted by molar-refractivity contribution is 0.0234. The molecule has 0 aliphatic carbocycles. The molecule has 0 saturated carbocycles. The molecule has 2 rings (SSSR count). The number of carbonyl (C=O) groups is 1. The molecule has 19 heavy (non-hydrogen) atoms. The predicted octanol–water partition coefficient (Wildman–Crippen LogP) is 2.98. The van der Waals surface area contributed by atoms with E-state index in [-0.39, 0.29) is 0 Å². The van der Waals surface area contributed by atoms with Crippen LogP contribution in [-0.4, -0.2) is 11.1 Å². The Morgan fingerprint density at radius 2 is 2.11 bits per heavy atom. The van der Waals surface area contributed by atoms with Crippen LogP contribution in [0.5, 0.6) is 0 Å². The molecule has 0 aliphatic rings. The summed E-state index contributed by atoms with van der Waals surface area (Å²) in [5.74, 6) is -0.885. The Hall–Kier alpha value is -1.69. The van der Waals surface area contributed by atoms with Gasteiger partial charge < -0.3 is 5.11 Å². The molecule has 0 atom stereocenters. The zero-order valence-electron chi connectivity index (χ0n) is 10.6. The van der Waals surface area contributed by atoms with Gasteiger partial charge in [-0.05, 0) is 24.1 Å². The van der Waals surface area contributed by atoms with Crippen LogP contribution in [0.25, 0.3) is 0 Å². The number of aryl methyl sites for hydroxylation is 1. The molecule has 5 heteroatoms. The van der Waals surface area contributed by atoms with Crippen LogP contribution in [-0.2, 0) is 18.0 Å². The second kappa shape index (κ2) is 6.47. The molecule has 1 aromatic carbocycles. The summed E-state index contributed by atoms with van der Waals surface area (Å²) in [6, 6.07) is 11.5. The Balaban J connectivity index is 1.81. The molecule has 2 aromatic rings. The van der Waals surface area contributed by atoms with Gasteiger partial charge in [0.2, 0.25) is 0 Å². The molecule has 0 bridgehead atoms. The molecule has 0 saturated heterocycles. The van der Waals surface area contributed by atoms with Gasteiger partial charge in [-0.1, -0.05) is 30.3 Å². The van der Waals surface area contributed by atoms with Gasteiger partial charge in [0, 0.05) is 11.4 Å². The lowest BCUT2D eigenvalue weighted by Crippen LogP contribution is -2.13.